The van der Waals surface area contributed by atoms with Gasteiger partial charge in [0.2, 0.25) is 5.91 Å². The van der Waals surface area contributed by atoms with Crippen molar-refractivity contribution in [3.05, 3.63) is 54.0 Å². The van der Waals surface area contributed by atoms with Gasteiger partial charge < -0.3 is 14.1 Å². The van der Waals surface area contributed by atoms with E-state index in [9.17, 15) is 9.59 Å². The molecule has 1 aromatic carbocycles. The van der Waals surface area contributed by atoms with Crippen LogP contribution in [0, 0.1) is 0 Å². The van der Waals surface area contributed by atoms with E-state index >= 15 is 0 Å². The normalized spacial score (nSPS) is 13.9. The maximum atomic E-state index is 12.7. The second kappa shape index (κ2) is 7.86. The van der Waals surface area contributed by atoms with Gasteiger partial charge in [0.1, 0.15) is 11.4 Å². The van der Waals surface area contributed by atoms with Crippen molar-refractivity contribution < 1.29 is 18.7 Å². The van der Waals surface area contributed by atoms with E-state index in [1.54, 1.807) is 18.4 Å². The minimum Gasteiger partial charge on any atom is -0.467 e. The number of carbonyl (C=O) groups is 2. The van der Waals surface area contributed by atoms with E-state index in [1.807, 2.05) is 49.9 Å². The average Bonchev–Trinajstić information content (AvgIpc) is 3.28. The first kappa shape index (κ1) is 19.0. The van der Waals surface area contributed by atoms with Crippen LogP contribution in [-0.2, 0) is 22.5 Å². The molecule has 1 aromatic heterocycles. The monoisotopic (exact) mass is 370 g/mol. The van der Waals surface area contributed by atoms with Crippen molar-refractivity contribution in [2.45, 2.75) is 58.2 Å². The summed E-state index contributed by atoms with van der Waals surface area (Å²) in [7, 11) is 0. The number of rotatable bonds is 6. The molecule has 27 heavy (non-hydrogen) atoms. The van der Waals surface area contributed by atoms with Crippen molar-refractivity contribution in [1.29, 1.82) is 0 Å². The fraction of sp³-hybridized carbons (Fsp3) is 0.429. The molecule has 0 spiro atoms. The standard InChI is InChI=1S/C21H26N2O4/c1-21(2,3)27-20(25)22-16-8-6-15(7-9-16)13-19(24)23(17-10-11-17)14-18-5-4-12-26-18/h4-9,12,17H,10-11,13-14H2,1-3H3,(H,22,25). The van der Waals surface area contributed by atoms with Gasteiger partial charge >= 0.3 is 6.09 Å². The molecule has 0 unspecified atom stereocenters. The van der Waals surface area contributed by atoms with E-state index in [4.69, 9.17) is 9.15 Å². The molecule has 0 saturated heterocycles. The number of anilines is 1. The van der Waals surface area contributed by atoms with Crippen molar-refractivity contribution >= 4 is 17.7 Å². The summed E-state index contributed by atoms with van der Waals surface area (Å²) < 4.78 is 10.6. The summed E-state index contributed by atoms with van der Waals surface area (Å²) in [5.41, 5.74) is 0.992. The summed E-state index contributed by atoms with van der Waals surface area (Å²) in [6.45, 7) is 5.95. The highest BCUT2D eigenvalue weighted by Crippen LogP contribution is 2.29. The molecule has 1 aliphatic rings. The molecule has 0 radical (unpaired) electrons. The number of furan rings is 1. The van der Waals surface area contributed by atoms with Crippen molar-refractivity contribution in [2.75, 3.05) is 5.32 Å². The first-order valence-electron chi connectivity index (χ1n) is 9.21. The molecule has 1 saturated carbocycles. The van der Waals surface area contributed by atoms with Crippen LogP contribution in [0.2, 0.25) is 0 Å². The molecule has 144 valence electrons. The minimum absolute atomic E-state index is 0.0850. The number of carbonyl (C=O) groups excluding carboxylic acids is 2. The van der Waals surface area contributed by atoms with Crippen molar-refractivity contribution in [1.82, 2.24) is 4.90 Å². The Morgan fingerprint density at radius 3 is 2.44 bits per heavy atom. The number of nitrogens with zero attached hydrogens (tertiary/aromatic N) is 1. The summed E-state index contributed by atoms with van der Waals surface area (Å²) in [5.74, 6) is 0.883. The predicted octanol–water partition coefficient (Wildman–Crippen LogP) is 4.36. The molecular weight excluding hydrogens is 344 g/mol. The first-order chi connectivity index (χ1) is 12.8. The summed E-state index contributed by atoms with van der Waals surface area (Å²) >= 11 is 0. The Labute approximate surface area is 159 Å². The van der Waals surface area contributed by atoms with Crippen molar-refractivity contribution in [3.8, 4) is 0 Å². The summed E-state index contributed by atoms with van der Waals surface area (Å²) in [6, 6.07) is 11.3. The largest absolute Gasteiger partial charge is 0.467 e. The number of benzene rings is 1. The Bertz CT molecular complexity index is 772. The van der Waals surface area contributed by atoms with Crippen LogP contribution in [0.25, 0.3) is 0 Å². The maximum absolute atomic E-state index is 12.7. The molecule has 3 rings (SSSR count). The van der Waals surface area contributed by atoms with Crippen LogP contribution >= 0.6 is 0 Å². The van der Waals surface area contributed by atoms with E-state index in [2.05, 4.69) is 5.32 Å². The van der Waals surface area contributed by atoms with Gasteiger partial charge in [0.25, 0.3) is 0 Å². The Hall–Kier alpha value is -2.76. The lowest BCUT2D eigenvalue weighted by atomic mass is 10.1. The lowest BCUT2D eigenvalue weighted by molar-refractivity contribution is -0.131. The summed E-state index contributed by atoms with van der Waals surface area (Å²) in [5, 5.41) is 2.69. The van der Waals surface area contributed by atoms with Crippen LogP contribution in [0.5, 0.6) is 0 Å². The zero-order valence-electron chi connectivity index (χ0n) is 16.0. The molecule has 2 amide bonds. The Morgan fingerprint density at radius 2 is 1.89 bits per heavy atom. The van der Waals surface area contributed by atoms with E-state index < -0.39 is 11.7 Å². The first-order valence-corrected chi connectivity index (χ1v) is 9.21. The third-order valence-corrected chi connectivity index (χ3v) is 4.17. The minimum atomic E-state index is -0.545. The molecule has 1 heterocycles. The van der Waals surface area contributed by atoms with Crippen LogP contribution in [0.15, 0.2) is 47.1 Å². The van der Waals surface area contributed by atoms with Gasteiger partial charge in [-0.25, -0.2) is 4.79 Å². The molecule has 1 fully saturated rings. The molecule has 2 aromatic rings. The number of nitrogens with one attached hydrogen (secondary N) is 1. The number of amides is 2. The van der Waals surface area contributed by atoms with Gasteiger partial charge in [-0.1, -0.05) is 12.1 Å². The lowest BCUT2D eigenvalue weighted by Gasteiger charge is -2.21. The second-order valence-electron chi connectivity index (χ2n) is 7.83. The number of hydrogen-bond acceptors (Lipinski definition) is 4. The second-order valence-corrected chi connectivity index (χ2v) is 7.83. The smallest absolute Gasteiger partial charge is 0.412 e. The van der Waals surface area contributed by atoms with Crippen LogP contribution in [0.1, 0.15) is 44.9 Å². The molecule has 1 aliphatic carbocycles. The molecule has 1 N–H and O–H groups in total. The van der Waals surface area contributed by atoms with Crippen LogP contribution in [-0.4, -0.2) is 28.5 Å². The Balaban J connectivity index is 1.56. The van der Waals surface area contributed by atoms with E-state index in [0.29, 0.717) is 24.7 Å². The highest BCUT2D eigenvalue weighted by atomic mass is 16.6. The van der Waals surface area contributed by atoms with Gasteiger partial charge in [-0.15, -0.1) is 0 Å². The number of ether oxygens (including phenoxy) is 1. The SMILES string of the molecule is CC(C)(C)OC(=O)Nc1ccc(CC(=O)N(Cc2ccco2)C2CC2)cc1. The molecule has 0 atom stereocenters. The van der Waals surface area contributed by atoms with Gasteiger partial charge in [-0.3, -0.25) is 10.1 Å². The van der Waals surface area contributed by atoms with Gasteiger partial charge in [-0.2, -0.15) is 0 Å². The summed E-state index contributed by atoms with van der Waals surface area (Å²) in [6.07, 6.45) is 3.55. The third kappa shape index (κ3) is 5.88. The fourth-order valence-electron chi connectivity index (χ4n) is 2.78. The van der Waals surface area contributed by atoms with Gasteiger partial charge in [0.15, 0.2) is 0 Å². The van der Waals surface area contributed by atoms with Crippen LogP contribution < -0.4 is 5.32 Å². The van der Waals surface area contributed by atoms with Gasteiger partial charge in [0.05, 0.1) is 19.2 Å². The number of hydrogen-bond donors (Lipinski definition) is 1. The van der Waals surface area contributed by atoms with Gasteiger partial charge in [0, 0.05) is 11.7 Å². The molecule has 0 bridgehead atoms. The molecule has 6 nitrogen and oxygen atoms in total. The Morgan fingerprint density at radius 1 is 1.19 bits per heavy atom. The highest BCUT2D eigenvalue weighted by Gasteiger charge is 2.32. The Kier molecular flexibility index (Phi) is 5.54. The van der Waals surface area contributed by atoms with Gasteiger partial charge in [-0.05, 0) is 63.4 Å². The van der Waals surface area contributed by atoms with Crippen LogP contribution in [0.4, 0.5) is 10.5 Å². The summed E-state index contributed by atoms with van der Waals surface area (Å²) in [4.78, 5) is 26.4. The van der Waals surface area contributed by atoms with E-state index in [0.717, 1.165) is 24.2 Å². The quantitative estimate of drug-likeness (QED) is 0.820. The predicted molar refractivity (Wildman–Crippen MR) is 102 cm³/mol. The maximum Gasteiger partial charge on any atom is 0.412 e. The zero-order chi connectivity index (χ0) is 19.4. The lowest BCUT2D eigenvalue weighted by Crippen LogP contribution is -2.33. The average molecular weight is 370 g/mol. The van der Waals surface area contributed by atoms with E-state index in [-0.39, 0.29) is 5.91 Å². The zero-order valence-corrected chi connectivity index (χ0v) is 16.0. The van der Waals surface area contributed by atoms with Crippen LogP contribution in [0.3, 0.4) is 0 Å². The molecule has 0 aliphatic heterocycles. The van der Waals surface area contributed by atoms with Crippen molar-refractivity contribution in [3.63, 3.8) is 0 Å². The highest BCUT2D eigenvalue weighted by molar-refractivity contribution is 5.85. The third-order valence-electron chi connectivity index (χ3n) is 4.17. The van der Waals surface area contributed by atoms with Crippen molar-refractivity contribution in [2.24, 2.45) is 0 Å². The molecule has 6 heteroatoms. The topological polar surface area (TPSA) is 71.8 Å². The molecular formula is C21H26N2O4. The fourth-order valence-corrected chi connectivity index (χ4v) is 2.78. The van der Waals surface area contributed by atoms with E-state index in [1.165, 1.54) is 0 Å².